The maximum absolute atomic E-state index is 12.6. The van der Waals surface area contributed by atoms with E-state index in [0.717, 1.165) is 4.68 Å². The second-order valence-corrected chi connectivity index (χ2v) is 2.72. The Kier molecular flexibility index (Phi) is 2.31. The van der Waals surface area contributed by atoms with Gasteiger partial charge in [-0.05, 0) is 12.5 Å². The zero-order valence-corrected chi connectivity index (χ0v) is 6.87. The molecular formula is C7H8F2N2O2. The third-order valence-corrected chi connectivity index (χ3v) is 1.44. The lowest BCUT2D eigenvalue weighted by Gasteiger charge is -2.10. The Morgan fingerprint density at radius 1 is 1.77 bits per heavy atom. The van der Waals surface area contributed by atoms with Gasteiger partial charge in [0.05, 0.1) is 6.20 Å². The highest BCUT2D eigenvalue weighted by molar-refractivity contribution is 5.75. The summed E-state index contributed by atoms with van der Waals surface area (Å²) in [6.45, 7) is 0.749. The molecule has 1 aromatic heterocycles. The zero-order chi connectivity index (χ0) is 10.1. The average molecular weight is 190 g/mol. The van der Waals surface area contributed by atoms with E-state index in [2.05, 4.69) is 5.10 Å². The Balaban J connectivity index is 2.74. The minimum atomic E-state index is -3.77. The quantitative estimate of drug-likeness (QED) is 0.770. The highest BCUT2D eigenvalue weighted by atomic mass is 19.3. The number of hydrogen-bond acceptors (Lipinski definition) is 2. The lowest BCUT2D eigenvalue weighted by atomic mass is 10.3. The van der Waals surface area contributed by atoms with Crippen LogP contribution in [0.3, 0.4) is 0 Å². The summed E-state index contributed by atoms with van der Waals surface area (Å²) < 4.78 is 26.1. The number of rotatable bonds is 3. The van der Waals surface area contributed by atoms with Crippen LogP contribution >= 0.6 is 0 Å². The van der Waals surface area contributed by atoms with Crippen molar-refractivity contribution < 1.29 is 18.7 Å². The van der Waals surface area contributed by atoms with Crippen molar-refractivity contribution in [1.82, 2.24) is 9.78 Å². The van der Waals surface area contributed by atoms with Gasteiger partial charge in [0.25, 0.3) is 0 Å². The van der Waals surface area contributed by atoms with Crippen LogP contribution in [0, 0.1) is 6.92 Å². The number of aromatic nitrogens is 2. The largest absolute Gasteiger partial charge is 0.477 e. The molecule has 13 heavy (non-hydrogen) atoms. The van der Waals surface area contributed by atoms with Crippen molar-refractivity contribution >= 4 is 5.97 Å². The number of carboxylic acids is 1. The molecule has 1 heterocycles. The average Bonchev–Trinajstić information content (AvgIpc) is 2.34. The summed E-state index contributed by atoms with van der Waals surface area (Å²) in [7, 11) is 0. The molecule has 0 aliphatic carbocycles. The highest BCUT2D eigenvalue weighted by Gasteiger charge is 2.39. The fourth-order valence-electron chi connectivity index (χ4n) is 0.825. The van der Waals surface area contributed by atoms with Crippen LogP contribution in [0.5, 0.6) is 0 Å². The first-order valence-electron chi connectivity index (χ1n) is 3.52. The minimum absolute atomic E-state index is 0.709. The van der Waals surface area contributed by atoms with E-state index in [-0.39, 0.29) is 0 Å². The van der Waals surface area contributed by atoms with Crippen LogP contribution in [0.25, 0.3) is 0 Å². The molecule has 0 fully saturated rings. The molecule has 4 nitrogen and oxygen atoms in total. The summed E-state index contributed by atoms with van der Waals surface area (Å²) in [6, 6.07) is 0. The Morgan fingerprint density at radius 3 is 2.77 bits per heavy atom. The fraction of sp³-hybridized carbons (Fsp3) is 0.429. The highest BCUT2D eigenvalue weighted by Crippen LogP contribution is 2.15. The number of carboxylic acid groups (broad SMARTS) is 1. The van der Waals surface area contributed by atoms with E-state index in [1.807, 2.05) is 0 Å². The number of alkyl halides is 2. The lowest BCUT2D eigenvalue weighted by Crippen LogP contribution is -2.33. The Labute approximate surface area is 72.8 Å². The first kappa shape index (κ1) is 9.63. The third-order valence-electron chi connectivity index (χ3n) is 1.44. The van der Waals surface area contributed by atoms with E-state index in [4.69, 9.17) is 5.11 Å². The van der Waals surface area contributed by atoms with Crippen LogP contribution in [0.2, 0.25) is 0 Å². The van der Waals surface area contributed by atoms with Gasteiger partial charge in [-0.25, -0.2) is 4.79 Å². The first-order valence-corrected chi connectivity index (χ1v) is 3.52. The summed E-state index contributed by atoms with van der Waals surface area (Å²) in [4.78, 5) is 10.0. The molecule has 1 N–H and O–H groups in total. The first-order chi connectivity index (χ1) is 5.92. The molecule has 0 amide bonds. The molecule has 0 spiro atoms. The van der Waals surface area contributed by atoms with Gasteiger partial charge >= 0.3 is 11.9 Å². The summed E-state index contributed by atoms with van der Waals surface area (Å²) in [5, 5.41) is 11.7. The van der Waals surface area contributed by atoms with E-state index < -0.39 is 18.4 Å². The van der Waals surface area contributed by atoms with Gasteiger partial charge in [0, 0.05) is 6.20 Å². The van der Waals surface area contributed by atoms with Crippen LogP contribution in [0.4, 0.5) is 8.78 Å². The Morgan fingerprint density at radius 2 is 2.38 bits per heavy atom. The fourth-order valence-corrected chi connectivity index (χ4v) is 0.825. The minimum Gasteiger partial charge on any atom is -0.477 e. The van der Waals surface area contributed by atoms with Gasteiger partial charge in [0.1, 0.15) is 6.54 Å². The van der Waals surface area contributed by atoms with E-state index >= 15 is 0 Å². The normalized spacial score (nSPS) is 11.6. The molecule has 0 aliphatic heterocycles. The molecule has 0 aromatic carbocycles. The molecule has 0 saturated carbocycles. The molecule has 6 heteroatoms. The van der Waals surface area contributed by atoms with E-state index in [1.165, 1.54) is 12.4 Å². The van der Waals surface area contributed by atoms with E-state index in [9.17, 15) is 13.6 Å². The number of hydrogen-bond donors (Lipinski definition) is 1. The molecule has 0 unspecified atom stereocenters. The predicted octanol–water partition coefficient (Wildman–Crippen LogP) is 0.911. The van der Waals surface area contributed by atoms with Crippen LogP contribution < -0.4 is 0 Å². The van der Waals surface area contributed by atoms with Crippen molar-refractivity contribution in [2.24, 2.45) is 0 Å². The van der Waals surface area contributed by atoms with Gasteiger partial charge in [-0.15, -0.1) is 0 Å². The zero-order valence-electron chi connectivity index (χ0n) is 6.87. The van der Waals surface area contributed by atoms with Gasteiger partial charge < -0.3 is 5.11 Å². The van der Waals surface area contributed by atoms with Gasteiger partial charge in [0.2, 0.25) is 0 Å². The molecule has 72 valence electrons. The number of halogens is 2. The number of aliphatic carboxylic acids is 1. The van der Waals surface area contributed by atoms with Crippen molar-refractivity contribution in [3.8, 4) is 0 Å². The summed E-state index contributed by atoms with van der Waals surface area (Å²) >= 11 is 0. The third kappa shape index (κ3) is 2.24. The van der Waals surface area contributed by atoms with Gasteiger partial charge in [-0.3, -0.25) is 4.68 Å². The molecular weight excluding hydrogens is 182 g/mol. The van der Waals surface area contributed by atoms with Crippen molar-refractivity contribution in [2.75, 3.05) is 0 Å². The van der Waals surface area contributed by atoms with Crippen molar-refractivity contribution in [1.29, 1.82) is 0 Å². The number of carbonyl (C=O) groups is 1. The summed E-state index contributed by atoms with van der Waals surface area (Å²) in [5.41, 5.74) is 0.709. The van der Waals surface area contributed by atoms with Gasteiger partial charge in [0.15, 0.2) is 0 Å². The molecule has 1 aromatic rings. The smallest absolute Gasteiger partial charge is 0.376 e. The Hall–Kier alpha value is -1.46. The molecule has 0 aliphatic rings. The summed E-state index contributed by atoms with van der Waals surface area (Å²) in [6.07, 6.45) is 2.74. The van der Waals surface area contributed by atoms with Crippen molar-refractivity contribution in [3.05, 3.63) is 18.0 Å². The van der Waals surface area contributed by atoms with Gasteiger partial charge in [-0.1, -0.05) is 0 Å². The summed E-state index contributed by atoms with van der Waals surface area (Å²) in [5.74, 6) is -5.90. The second kappa shape index (κ2) is 3.12. The van der Waals surface area contributed by atoms with Crippen LogP contribution in [0.15, 0.2) is 12.4 Å². The van der Waals surface area contributed by atoms with Crippen LogP contribution in [0.1, 0.15) is 5.56 Å². The molecule has 0 bridgehead atoms. The van der Waals surface area contributed by atoms with Gasteiger partial charge in [-0.2, -0.15) is 13.9 Å². The number of nitrogens with zero attached hydrogens (tertiary/aromatic N) is 2. The topological polar surface area (TPSA) is 55.1 Å². The monoisotopic (exact) mass is 190 g/mol. The van der Waals surface area contributed by atoms with Crippen LogP contribution in [-0.4, -0.2) is 26.8 Å². The Bertz CT molecular complexity index is 322. The van der Waals surface area contributed by atoms with Crippen LogP contribution in [-0.2, 0) is 11.3 Å². The SMILES string of the molecule is Cc1cnn(CC(F)(F)C(=O)O)c1. The lowest BCUT2D eigenvalue weighted by molar-refractivity contribution is -0.167. The maximum atomic E-state index is 12.6. The number of aryl methyl sites for hydroxylation is 1. The standard InChI is InChI=1S/C7H8F2N2O2/c1-5-2-10-11(3-5)4-7(8,9)6(12)13/h2-3H,4H2,1H3,(H,12,13). The maximum Gasteiger partial charge on any atom is 0.376 e. The molecule has 0 saturated heterocycles. The second-order valence-electron chi connectivity index (χ2n) is 2.72. The molecule has 0 radical (unpaired) electrons. The predicted molar refractivity (Wildman–Crippen MR) is 39.5 cm³/mol. The molecule has 1 rings (SSSR count). The van der Waals surface area contributed by atoms with E-state index in [0.29, 0.717) is 5.56 Å². The molecule has 0 atom stereocenters. The van der Waals surface area contributed by atoms with Crippen molar-refractivity contribution in [2.45, 2.75) is 19.4 Å². The van der Waals surface area contributed by atoms with E-state index in [1.54, 1.807) is 6.92 Å². The van der Waals surface area contributed by atoms with Crippen molar-refractivity contribution in [3.63, 3.8) is 0 Å².